The maximum Gasteiger partial charge on any atom is 0.309 e. The molecule has 1 amide bonds. The minimum absolute atomic E-state index is 0.0147. The molecule has 2 saturated carbocycles. The molecule has 5 rings (SSSR count). The molecule has 0 unspecified atom stereocenters. The molecule has 1 N–H and O–H groups in total. The second-order valence-corrected chi connectivity index (χ2v) is 10.6. The summed E-state index contributed by atoms with van der Waals surface area (Å²) in [5, 5.41) is 3.81. The first-order valence-electron chi connectivity index (χ1n) is 10.4. The van der Waals surface area contributed by atoms with Gasteiger partial charge in [-0.05, 0) is 37.5 Å². The number of nitrogens with zero attached hydrogens (tertiary/aromatic N) is 1. The lowest BCUT2D eigenvalue weighted by molar-refractivity contribution is -0.149. The van der Waals surface area contributed by atoms with Crippen LogP contribution in [0.1, 0.15) is 69.4 Å². The second-order valence-electron chi connectivity index (χ2n) is 9.48. The van der Waals surface area contributed by atoms with Gasteiger partial charge in [-0.1, -0.05) is 27.2 Å². The maximum absolute atomic E-state index is 12.3. The molecule has 4 aliphatic rings. The number of thiazole rings is 1. The zero-order valence-electron chi connectivity index (χ0n) is 16.3. The fourth-order valence-corrected chi connectivity index (χ4v) is 7.28. The molecule has 2 heterocycles. The van der Waals surface area contributed by atoms with Crippen molar-refractivity contribution >= 4 is 28.3 Å². The van der Waals surface area contributed by atoms with E-state index in [1.807, 2.05) is 6.92 Å². The predicted octanol–water partition coefficient (Wildman–Crippen LogP) is 4.14. The highest BCUT2D eigenvalue weighted by atomic mass is 32.1. The first-order chi connectivity index (χ1) is 12.9. The zero-order valence-corrected chi connectivity index (χ0v) is 17.1. The van der Waals surface area contributed by atoms with Crippen LogP contribution < -0.4 is 5.32 Å². The maximum atomic E-state index is 12.3. The van der Waals surface area contributed by atoms with Crippen LogP contribution in [0.15, 0.2) is 0 Å². The van der Waals surface area contributed by atoms with Crippen LogP contribution in [0.3, 0.4) is 0 Å². The number of aromatic nitrogens is 1. The van der Waals surface area contributed by atoms with E-state index in [9.17, 15) is 9.59 Å². The standard InChI is InChI=1S/C21H28N2O3S/c1-10-13-7-8-21(3)9-14-16(11(2)15(21)17(13)26-19(10)25)22-20(27-14)23-18(24)12-5-4-6-12/h10-13,15,17H,4-9H2,1-3H3,(H,22,23,24)/t10-,11+,13-,15+,17+,21+/m0/s1. The van der Waals surface area contributed by atoms with Crippen molar-refractivity contribution in [3.8, 4) is 0 Å². The first kappa shape index (κ1) is 17.7. The molecule has 0 spiro atoms. The molecule has 0 radical (unpaired) electrons. The smallest absolute Gasteiger partial charge is 0.309 e. The molecule has 3 aliphatic carbocycles. The molecular formula is C21H28N2O3S. The van der Waals surface area contributed by atoms with Crippen LogP contribution in [0, 0.1) is 29.1 Å². The fraction of sp³-hybridized carbons (Fsp3) is 0.762. The van der Waals surface area contributed by atoms with Gasteiger partial charge in [0.25, 0.3) is 0 Å². The molecule has 0 bridgehead atoms. The van der Waals surface area contributed by atoms with Crippen molar-refractivity contribution in [3.05, 3.63) is 10.6 Å². The van der Waals surface area contributed by atoms with Gasteiger partial charge in [0.05, 0.1) is 11.6 Å². The van der Waals surface area contributed by atoms with Crippen LogP contribution in [0.4, 0.5) is 5.13 Å². The third-order valence-electron chi connectivity index (χ3n) is 7.86. The van der Waals surface area contributed by atoms with Crippen molar-refractivity contribution < 1.29 is 14.3 Å². The van der Waals surface area contributed by atoms with Gasteiger partial charge in [0.2, 0.25) is 5.91 Å². The summed E-state index contributed by atoms with van der Waals surface area (Å²) >= 11 is 1.65. The minimum Gasteiger partial charge on any atom is -0.461 e. The summed E-state index contributed by atoms with van der Waals surface area (Å²) in [7, 11) is 0. The van der Waals surface area contributed by atoms with Gasteiger partial charge in [0, 0.05) is 28.5 Å². The van der Waals surface area contributed by atoms with Crippen molar-refractivity contribution in [2.75, 3.05) is 5.32 Å². The molecule has 3 fully saturated rings. The van der Waals surface area contributed by atoms with E-state index in [2.05, 4.69) is 19.2 Å². The minimum atomic E-state index is -0.0287. The van der Waals surface area contributed by atoms with E-state index < -0.39 is 0 Å². The average Bonchev–Trinajstić information content (AvgIpc) is 3.06. The summed E-state index contributed by atoms with van der Waals surface area (Å²) in [6.07, 6.45) is 6.35. The second kappa shape index (κ2) is 6.03. The van der Waals surface area contributed by atoms with E-state index in [4.69, 9.17) is 9.72 Å². The predicted molar refractivity (Wildman–Crippen MR) is 104 cm³/mol. The molecule has 27 heavy (non-hydrogen) atoms. The number of carbonyl (C=O) groups is 2. The highest BCUT2D eigenvalue weighted by Gasteiger charge is 2.58. The Hall–Kier alpha value is -1.43. The number of anilines is 1. The zero-order chi connectivity index (χ0) is 18.9. The summed E-state index contributed by atoms with van der Waals surface area (Å²) in [6, 6.07) is 0. The van der Waals surface area contributed by atoms with Crippen molar-refractivity contribution in [2.24, 2.45) is 29.1 Å². The van der Waals surface area contributed by atoms with Gasteiger partial charge in [0.1, 0.15) is 6.10 Å². The third-order valence-corrected chi connectivity index (χ3v) is 8.85. The molecule has 1 saturated heterocycles. The number of nitrogens with one attached hydrogen (secondary N) is 1. The van der Waals surface area contributed by atoms with Gasteiger partial charge in [-0.15, -0.1) is 11.3 Å². The quantitative estimate of drug-likeness (QED) is 0.773. The Balaban J connectivity index is 1.43. The number of amides is 1. The highest BCUT2D eigenvalue weighted by Crippen LogP contribution is 2.59. The summed E-state index contributed by atoms with van der Waals surface area (Å²) in [5.41, 5.74) is 1.25. The Morgan fingerprint density at radius 2 is 2.04 bits per heavy atom. The van der Waals surface area contributed by atoms with Gasteiger partial charge in [-0.2, -0.15) is 0 Å². The molecule has 0 aromatic carbocycles. The van der Waals surface area contributed by atoms with Gasteiger partial charge in [-0.3, -0.25) is 9.59 Å². The summed E-state index contributed by atoms with van der Waals surface area (Å²) < 4.78 is 5.89. The number of rotatable bonds is 2. The number of carbonyl (C=O) groups excluding carboxylic acids is 2. The summed E-state index contributed by atoms with van der Waals surface area (Å²) in [4.78, 5) is 30.7. The lowest BCUT2D eigenvalue weighted by Gasteiger charge is -2.51. The van der Waals surface area contributed by atoms with Crippen molar-refractivity contribution in [1.29, 1.82) is 0 Å². The number of hydrogen-bond donors (Lipinski definition) is 1. The SMILES string of the molecule is C[C@@H]1C(=O)O[C@@H]2[C@H]1CC[C@]1(C)Cc3sc(NC(=O)C4CCC4)nc3[C@H](C)[C@H]21. The van der Waals surface area contributed by atoms with Gasteiger partial charge >= 0.3 is 5.97 Å². The molecule has 1 aromatic rings. The Morgan fingerprint density at radius 1 is 1.26 bits per heavy atom. The van der Waals surface area contributed by atoms with Crippen LogP contribution in [0.5, 0.6) is 0 Å². The lowest BCUT2D eigenvalue weighted by atomic mass is 9.54. The topological polar surface area (TPSA) is 68.3 Å². The Kier molecular flexibility index (Phi) is 3.94. The number of hydrogen-bond acceptors (Lipinski definition) is 5. The summed E-state index contributed by atoms with van der Waals surface area (Å²) in [6.45, 7) is 6.61. The molecular weight excluding hydrogens is 360 g/mol. The lowest BCUT2D eigenvalue weighted by Crippen LogP contribution is -2.50. The molecule has 1 aliphatic heterocycles. The van der Waals surface area contributed by atoms with Crippen molar-refractivity contribution in [3.63, 3.8) is 0 Å². The van der Waals surface area contributed by atoms with Crippen LogP contribution in [0.25, 0.3) is 0 Å². The van der Waals surface area contributed by atoms with E-state index in [0.29, 0.717) is 11.8 Å². The van der Waals surface area contributed by atoms with E-state index in [1.54, 1.807) is 11.3 Å². The Labute approximate surface area is 164 Å². The third kappa shape index (κ3) is 2.59. The highest BCUT2D eigenvalue weighted by molar-refractivity contribution is 7.15. The Bertz CT molecular complexity index is 801. The number of fused-ring (bicyclic) bond motifs is 4. The van der Waals surface area contributed by atoms with Gasteiger partial charge < -0.3 is 10.1 Å². The number of ether oxygens (including phenoxy) is 1. The van der Waals surface area contributed by atoms with E-state index >= 15 is 0 Å². The molecule has 6 heteroatoms. The monoisotopic (exact) mass is 388 g/mol. The normalized spacial score (nSPS) is 40.4. The molecule has 1 aromatic heterocycles. The van der Waals surface area contributed by atoms with E-state index in [-0.39, 0.29) is 41.1 Å². The first-order valence-corrected chi connectivity index (χ1v) is 11.2. The molecule has 5 nitrogen and oxygen atoms in total. The van der Waals surface area contributed by atoms with Crippen LogP contribution in [-0.4, -0.2) is 23.0 Å². The Morgan fingerprint density at radius 3 is 2.74 bits per heavy atom. The largest absolute Gasteiger partial charge is 0.461 e. The molecule has 6 atom stereocenters. The van der Waals surface area contributed by atoms with E-state index in [1.165, 1.54) is 4.88 Å². The molecule has 146 valence electrons. The van der Waals surface area contributed by atoms with Crippen LogP contribution in [0.2, 0.25) is 0 Å². The fourth-order valence-electron chi connectivity index (χ4n) is 6.01. The van der Waals surface area contributed by atoms with Crippen LogP contribution >= 0.6 is 11.3 Å². The van der Waals surface area contributed by atoms with E-state index in [0.717, 1.165) is 49.4 Å². The summed E-state index contributed by atoms with van der Waals surface area (Å²) in [5.74, 6) is 1.19. The van der Waals surface area contributed by atoms with Gasteiger partial charge in [0.15, 0.2) is 5.13 Å². The van der Waals surface area contributed by atoms with Crippen molar-refractivity contribution in [1.82, 2.24) is 4.98 Å². The van der Waals surface area contributed by atoms with Gasteiger partial charge in [-0.25, -0.2) is 4.98 Å². The van der Waals surface area contributed by atoms with Crippen molar-refractivity contribution in [2.45, 2.75) is 71.3 Å². The van der Waals surface area contributed by atoms with Crippen LogP contribution in [-0.2, 0) is 20.7 Å². The average molecular weight is 389 g/mol. The number of esters is 1.